The van der Waals surface area contributed by atoms with Crippen LogP contribution in [-0.4, -0.2) is 42.0 Å². The van der Waals surface area contributed by atoms with Crippen molar-refractivity contribution in [2.45, 2.75) is 57.5 Å². The van der Waals surface area contributed by atoms with Gasteiger partial charge in [-0.25, -0.2) is 0 Å². The normalized spacial score (nSPS) is 27.0. The van der Waals surface area contributed by atoms with Crippen molar-refractivity contribution in [3.05, 3.63) is 29.3 Å². The summed E-state index contributed by atoms with van der Waals surface area (Å²) in [7, 11) is 0. The summed E-state index contributed by atoms with van der Waals surface area (Å²) in [4.78, 5) is 0. The van der Waals surface area contributed by atoms with Crippen molar-refractivity contribution in [2.75, 3.05) is 0 Å². The molecule has 3 atom stereocenters. The summed E-state index contributed by atoms with van der Waals surface area (Å²) in [6.07, 6.45) is 9.48. The van der Waals surface area contributed by atoms with E-state index in [-0.39, 0.29) is 12.1 Å². The molecule has 1 unspecified atom stereocenters. The maximum Gasteiger partial charge on any atom is 0.0964 e. The monoisotopic (exact) mass is 350 g/mol. The van der Waals surface area contributed by atoms with Crippen LogP contribution < -0.4 is 5.32 Å². The lowest BCUT2D eigenvalue weighted by atomic mass is 10.1. The van der Waals surface area contributed by atoms with Crippen LogP contribution in [0.4, 0.5) is 0 Å². The Morgan fingerprint density at radius 1 is 1.17 bits per heavy atom. The van der Waals surface area contributed by atoms with Gasteiger partial charge >= 0.3 is 0 Å². The molecular weight excluding hydrogens is 328 g/mol. The number of hydrogen-bond acceptors (Lipinski definition) is 5. The first-order valence-corrected chi connectivity index (χ1v) is 9.02. The summed E-state index contributed by atoms with van der Waals surface area (Å²) in [5.41, 5.74) is 0.935. The van der Waals surface area contributed by atoms with E-state index in [1.807, 2.05) is 21.8 Å². The first-order valence-electron chi connectivity index (χ1n) is 8.64. The zero-order valence-corrected chi connectivity index (χ0v) is 14.3. The number of nitrogens with zero attached hydrogens (tertiary/aromatic N) is 5. The highest BCUT2D eigenvalue weighted by molar-refractivity contribution is 6.30. The molecule has 2 aromatic heterocycles. The number of aliphatic hydroxyl groups excluding tert-OH is 1. The lowest BCUT2D eigenvalue weighted by Crippen LogP contribution is -2.35. The van der Waals surface area contributed by atoms with Crippen LogP contribution in [0.3, 0.4) is 0 Å². The van der Waals surface area contributed by atoms with Gasteiger partial charge in [0, 0.05) is 38.1 Å². The highest BCUT2D eigenvalue weighted by Gasteiger charge is 2.33. The van der Waals surface area contributed by atoms with E-state index in [4.69, 9.17) is 11.6 Å². The standard InChI is InChI=1S/C16H23ClN6O/c17-13-5-19-22(9-13)8-12-3-15(16(24)4-12)18-6-14-10-23(21-20-14)7-11-1-2-11/h5,9-12,15-16,18,24H,1-4,6-8H2/t12?,15-,16-/m1/s1. The van der Waals surface area contributed by atoms with Crippen LogP contribution in [-0.2, 0) is 19.6 Å². The van der Waals surface area contributed by atoms with Crippen molar-refractivity contribution in [1.82, 2.24) is 30.1 Å². The number of nitrogens with one attached hydrogen (secondary N) is 1. The van der Waals surface area contributed by atoms with Crippen LogP contribution in [0.25, 0.3) is 0 Å². The van der Waals surface area contributed by atoms with E-state index in [0.717, 1.165) is 37.5 Å². The second-order valence-corrected chi connectivity index (χ2v) is 7.58. The van der Waals surface area contributed by atoms with Crippen LogP contribution >= 0.6 is 11.6 Å². The van der Waals surface area contributed by atoms with Gasteiger partial charge in [-0.05, 0) is 37.5 Å². The van der Waals surface area contributed by atoms with Crippen molar-refractivity contribution >= 4 is 11.6 Å². The summed E-state index contributed by atoms with van der Waals surface area (Å²) in [6, 6.07) is 0.0922. The smallest absolute Gasteiger partial charge is 0.0964 e. The summed E-state index contributed by atoms with van der Waals surface area (Å²) >= 11 is 5.90. The van der Waals surface area contributed by atoms with E-state index in [1.165, 1.54) is 12.8 Å². The predicted octanol–water partition coefficient (Wildman–Crippen LogP) is 1.47. The number of aromatic nitrogens is 5. The minimum absolute atomic E-state index is 0.0922. The van der Waals surface area contributed by atoms with Gasteiger partial charge in [0.05, 0.1) is 23.0 Å². The first-order chi connectivity index (χ1) is 11.7. The maximum absolute atomic E-state index is 10.3. The molecule has 130 valence electrons. The van der Waals surface area contributed by atoms with E-state index < -0.39 is 0 Å². The van der Waals surface area contributed by atoms with Gasteiger partial charge in [0.1, 0.15) is 0 Å². The fourth-order valence-electron chi connectivity index (χ4n) is 3.50. The van der Waals surface area contributed by atoms with Gasteiger partial charge < -0.3 is 10.4 Å². The zero-order chi connectivity index (χ0) is 16.5. The molecule has 2 aromatic rings. The third-order valence-corrected chi connectivity index (χ3v) is 5.14. The van der Waals surface area contributed by atoms with Crippen LogP contribution in [0.15, 0.2) is 18.6 Å². The second kappa shape index (κ2) is 6.82. The average Bonchev–Trinajstić information content (AvgIpc) is 2.91. The molecule has 0 amide bonds. The van der Waals surface area contributed by atoms with Gasteiger partial charge in [0.25, 0.3) is 0 Å². The topological polar surface area (TPSA) is 80.8 Å². The third kappa shape index (κ3) is 3.96. The Morgan fingerprint density at radius 3 is 2.75 bits per heavy atom. The Kier molecular flexibility index (Phi) is 4.56. The predicted molar refractivity (Wildman–Crippen MR) is 89.3 cm³/mol. The molecule has 2 N–H and O–H groups in total. The molecule has 2 fully saturated rings. The van der Waals surface area contributed by atoms with E-state index in [0.29, 0.717) is 17.5 Å². The SMILES string of the molecule is O[C@@H]1CC(Cn2cc(Cl)cn2)C[C@H]1NCc1cn(CC2CC2)nn1. The van der Waals surface area contributed by atoms with Gasteiger partial charge in [-0.2, -0.15) is 5.10 Å². The Balaban J connectivity index is 1.26. The molecule has 2 aliphatic rings. The van der Waals surface area contributed by atoms with Crippen molar-refractivity contribution in [1.29, 1.82) is 0 Å². The fraction of sp³-hybridized carbons (Fsp3) is 0.688. The molecular formula is C16H23ClN6O. The summed E-state index contributed by atoms with van der Waals surface area (Å²) < 4.78 is 3.79. The van der Waals surface area contributed by atoms with Crippen LogP contribution in [0.5, 0.6) is 0 Å². The van der Waals surface area contributed by atoms with E-state index >= 15 is 0 Å². The van der Waals surface area contributed by atoms with Gasteiger partial charge in [-0.1, -0.05) is 16.8 Å². The van der Waals surface area contributed by atoms with Gasteiger partial charge in [0.15, 0.2) is 0 Å². The summed E-state index contributed by atoms with van der Waals surface area (Å²) in [5, 5.41) is 27.0. The molecule has 4 rings (SSSR count). The van der Waals surface area contributed by atoms with E-state index in [2.05, 4.69) is 20.7 Å². The van der Waals surface area contributed by atoms with Gasteiger partial charge in [-0.3, -0.25) is 9.36 Å². The lowest BCUT2D eigenvalue weighted by molar-refractivity contribution is 0.145. The number of aliphatic hydroxyl groups is 1. The zero-order valence-electron chi connectivity index (χ0n) is 13.6. The Labute approximate surface area is 146 Å². The molecule has 8 heteroatoms. The highest BCUT2D eigenvalue weighted by Crippen LogP contribution is 2.30. The minimum atomic E-state index is -0.331. The highest BCUT2D eigenvalue weighted by atomic mass is 35.5. The largest absolute Gasteiger partial charge is 0.391 e. The first kappa shape index (κ1) is 16.1. The molecule has 24 heavy (non-hydrogen) atoms. The van der Waals surface area contributed by atoms with Crippen LogP contribution in [0.1, 0.15) is 31.4 Å². The quantitative estimate of drug-likeness (QED) is 0.790. The molecule has 0 bridgehead atoms. The molecule has 0 radical (unpaired) electrons. The third-order valence-electron chi connectivity index (χ3n) is 4.95. The van der Waals surface area contributed by atoms with Crippen LogP contribution in [0, 0.1) is 11.8 Å². The Bertz CT molecular complexity index is 682. The van der Waals surface area contributed by atoms with Crippen molar-refractivity contribution in [2.24, 2.45) is 11.8 Å². The number of rotatable bonds is 7. The molecule has 0 aliphatic heterocycles. The molecule has 2 heterocycles. The molecule has 0 saturated heterocycles. The molecule has 7 nitrogen and oxygen atoms in total. The minimum Gasteiger partial charge on any atom is -0.391 e. The average molecular weight is 351 g/mol. The van der Waals surface area contributed by atoms with E-state index in [1.54, 1.807) is 6.20 Å². The van der Waals surface area contributed by atoms with Crippen molar-refractivity contribution in [3.63, 3.8) is 0 Å². The number of hydrogen-bond donors (Lipinski definition) is 2. The molecule has 0 aromatic carbocycles. The fourth-order valence-corrected chi connectivity index (χ4v) is 3.66. The second-order valence-electron chi connectivity index (χ2n) is 7.15. The molecule has 0 spiro atoms. The molecule has 2 aliphatic carbocycles. The van der Waals surface area contributed by atoms with Crippen molar-refractivity contribution in [3.8, 4) is 0 Å². The maximum atomic E-state index is 10.3. The van der Waals surface area contributed by atoms with Gasteiger partial charge in [0.2, 0.25) is 0 Å². The molecule has 2 saturated carbocycles. The van der Waals surface area contributed by atoms with Crippen molar-refractivity contribution < 1.29 is 5.11 Å². The van der Waals surface area contributed by atoms with Crippen LogP contribution in [0.2, 0.25) is 5.02 Å². The summed E-state index contributed by atoms with van der Waals surface area (Å²) in [6.45, 7) is 2.42. The Morgan fingerprint density at radius 2 is 2.00 bits per heavy atom. The van der Waals surface area contributed by atoms with E-state index in [9.17, 15) is 5.11 Å². The number of halogens is 1. The lowest BCUT2D eigenvalue weighted by Gasteiger charge is -2.15. The summed E-state index contributed by atoms with van der Waals surface area (Å²) in [5.74, 6) is 1.19. The van der Waals surface area contributed by atoms with Gasteiger partial charge in [-0.15, -0.1) is 5.10 Å². The Hall–Kier alpha value is -1.44.